The molecule has 0 fully saturated rings. The number of fused-ring (bicyclic) bond motifs is 2. The number of anilines is 2. The van der Waals surface area contributed by atoms with Crippen LogP contribution in [-0.2, 0) is 38.2 Å². The van der Waals surface area contributed by atoms with Crippen molar-refractivity contribution in [2.45, 2.75) is 20.8 Å². The molecule has 0 atom stereocenters. The van der Waals surface area contributed by atoms with Gasteiger partial charge in [-0.3, -0.25) is 9.97 Å². The Bertz CT molecular complexity index is 1740. The Balaban J connectivity index is 0.000000704. The molecule has 13 nitrogen and oxygen atoms in total. The lowest BCUT2D eigenvalue weighted by Gasteiger charge is -2.12. The molecule has 0 saturated carbocycles. The molecule has 0 aliphatic carbocycles. The summed E-state index contributed by atoms with van der Waals surface area (Å²) in [6.45, 7) is 5.54. The van der Waals surface area contributed by atoms with E-state index in [-0.39, 0.29) is 11.8 Å². The molecule has 2 heterocycles. The van der Waals surface area contributed by atoms with Gasteiger partial charge in [0.05, 0.1) is 49.8 Å². The molecule has 4 rings (SSSR count). The molecule has 46 heavy (non-hydrogen) atoms. The number of nitrogens with two attached hydrogens (primary N) is 1. The Morgan fingerprint density at radius 1 is 0.848 bits per heavy atom. The summed E-state index contributed by atoms with van der Waals surface area (Å²) in [7, 11) is 4.77. The van der Waals surface area contributed by atoms with Crippen LogP contribution in [0.5, 0.6) is 0 Å². The number of aryl methyl sites for hydroxylation is 2. The number of hydrogen-bond donors (Lipinski definition) is 3. The van der Waals surface area contributed by atoms with Crippen molar-refractivity contribution in [2.75, 3.05) is 39.5 Å². The third-order valence-corrected chi connectivity index (χ3v) is 5.28. The number of esters is 3. The maximum Gasteiger partial charge on any atom is 0.384 e. The minimum absolute atomic E-state index is 0.0214. The SMILES string of the molecule is CC#CC(=O)OC.CO.COC(=O)/C=C(\Nc1cc(C)cc2cccnc12)C(=O)OC.Cc1cc(N)c2ncccc2c1.O=C=O. The fourth-order valence-corrected chi connectivity index (χ4v) is 3.54. The van der Waals surface area contributed by atoms with Gasteiger partial charge in [-0.1, -0.05) is 18.1 Å². The standard InChI is InChI=1S/C16H16N2O4.C10H10N2.C5H6O2.CO2.CH4O/c1-10-7-11-5-4-6-17-15(11)12(8-10)18-13(16(20)22-3)9-14(19)21-2;1-7-5-8-3-2-4-12-10(8)9(11)6-7;1-3-4-5(6)7-2;2-1-3;1-2/h4-9,18H,1-3H3;2-6H,11H2,1H3;1-2H3;;2H,1H3/b13-9-;;;;. The number of carbonyl (C=O) groups excluding carboxylic acids is 5. The molecule has 4 N–H and O–H groups in total. The summed E-state index contributed by atoms with van der Waals surface area (Å²) in [5, 5.41) is 11.9. The van der Waals surface area contributed by atoms with Crippen LogP contribution in [0.15, 0.2) is 72.7 Å². The van der Waals surface area contributed by atoms with Crippen molar-refractivity contribution in [3.8, 4) is 11.8 Å². The number of aromatic nitrogens is 2. The van der Waals surface area contributed by atoms with E-state index >= 15 is 0 Å². The summed E-state index contributed by atoms with van der Waals surface area (Å²) in [5.41, 5.74) is 10.9. The molecule has 0 aliphatic rings. The molecule has 242 valence electrons. The topological polar surface area (TPSA) is 197 Å². The fourth-order valence-electron chi connectivity index (χ4n) is 3.54. The monoisotopic (exact) mass is 632 g/mol. The van der Waals surface area contributed by atoms with Gasteiger partial charge in [-0.25, -0.2) is 14.4 Å². The van der Waals surface area contributed by atoms with Crippen LogP contribution in [0.25, 0.3) is 21.8 Å². The van der Waals surface area contributed by atoms with Gasteiger partial charge in [-0.2, -0.15) is 9.59 Å². The van der Waals surface area contributed by atoms with Crippen LogP contribution in [-0.4, -0.2) is 67.6 Å². The van der Waals surface area contributed by atoms with E-state index in [4.69, 9.17) is 20.4 Å². The molecule has 0 unspecified atom stereocenters. The highest BCUT2D eigenvalue weighted by atomic mass is 16.5. The van der Waals surface area contributed by atoms with Gasteiger partial charge in [0.2, 0.25) is 0 Å². The van der Waals surface area contributed by atoms with Crippen molar-refractivity contribution >= 4 is 57.2 Å². The van der Waals surface area contributed by atoms with E-state index in [1.807, 2.05) is 56.3 Å². The number of carbonyl (C=O) groups is 3. The molecule has 0 aliphatic heterocycles. The largest absolute Gasteiger partial charge is 0.466 e. The number of rotatable bonds is 4. The van der Waals surface area contributed by atoms with Gasteiger partial charge in [-0.05, 0) is 68.3 Å². The van der Waals surface area contributed by atoms with Crippen molar-refractivity contribution in [1.82, 2.24) is 9.97 Å². The summed E-state index contributed by atoms with van der Waals surface area (Å²) in [4.78, 5) is 58.0. The molecule has 0 saturated heterocycles. The lowest BCUT2D eigenvalue weighted by atomic mass is 10.1. The summed E-state index contributed by atoms with van der Waals surface area (Å²) in [6.07, 6.45) is 4.71. The summed E-state index contributed by atoms with van der Waals surface area (Å²) < 4.78 is 13.4. The van der Waals surface area contributed by atoms with Gasteiger partial charge in [0, 0.05) is 36.2 Å². The molecule has 2 aromatic carbocycles. The third kappa shape index (κ3) is 13.9. The van der Waals surface area contributed by atoms with E-state index in [9.17, 15) is 14.4 Å². The summed E-state index contributed by atoms with van der Waals surface area (Å²) >= 11 is 0. The average molecular weight is 633 g/mol. The number of aliphatic hydroxyl groups is 1. The van der Waals surface area contributed by atoms with Crippen molar-refractivity contribution in [3.63, 3.8) is 0 Å². The lowest BCUT2D eigenvalue weighted by Crippen LogP contribution is -2.15. The molecule has 2 aromatic heterocycles. The maximum atomic E-state index is 11.8. The van der Waals surface area contributed by atoms with Crippen LogP contribution in [0, 0.1) is 25.7 Å². The van der Waals surface area contributed by atoms with Gasteiger partial charge in [0.25, 0.3) is 0 Å². The van der Waals surface area contributed by atoms with Crippen molar-refractivity contribution < 1.29 is 43.3 Å². The van der Waals surface area contributed by atoms with Gasteiger partial charge in [-0.15, -0.1) is 0 Å². The molecule has 0 bridgehead atoms. The first-order valence-corrected chi connectivity index (χ1v) is 13.1. The van der Waals surface area contributed by atoms with E-state index in [0.717, 1.165) is 40.7 Å². The van der Waals surface area contributed by atoms with E-state index in [1.54, 1.807) is 19.3 Å². The number of aliphatic hydroxyl groups excluding tert-OH is 1. The first-order valence-electron chi connectivity index (χ1n) is 13.1. The Morgan fingerprint density at radius 3 is 1.85 bits per heavy atom. The first-order chi connectivity index (χ1) is 22.0. The smallest absolute Gasteiger partial charge is 0.384 e. The zero-order valence-electron chi connectivity index (χ0n) is 26.5. The Kier molecular flexibility index (Phi) is 19.5. The number of nitrogens with one attached hydrogen (secondary N) is 1. The Labute approximate surface area is 266 Å². The number of hydrogen-bond acceptors (Lipinski definition) is 13. The third-order valence-electron chi connectivity index (χ3n) is 5.28. The zero-order chi connectivity index (χ0) is 35.1. The average Bonchev–Trinajstić information content (AvgIpc) is 3.05. The quantitative estimate of drug-likeness (QED) is 0.0738. The summed E-state index contributed by atoms with van der Waals surface area (Å²) in [5.74, 6) is 2.77. The minimum atomic E-state index is -0.670. The number of benzene rings is 2. The van der Waals surface area contributed by atoms with Crippen LogP contribution < -0.4 is 11.1 Å². The highest BCUT2D eigenvalue weighted by Crippen LogP contribution is 2.25. The molecule has 0 radical (unpaired) electrons. The maximum absolute atomic E-state index is 11.8. The zero-order valence-corrected chi connectivity index (χ0v) is 26.5. The van der Waals surface area contributed by atoms with Crippen LogP contribution in [0.4, 0.5) is 11.4 Å². The number of nitrogens with zero attached hydrogens (tertiary/aromatic N) is 2. The van der Waals surface area contributed by atoms with E-state index in [2.05, 4.69) is 47.4 Å². The molecule has 4 aromatic rings. The molecular weight excluding hydrogens is 596 g/mol. The Morgan fingerprint density at radius 2 is 1.37 bits per heavy atom. The molecule has 13 heteroatoms. The number of ether oxygens (including phenoxy) is 3. The summed E-state index contributed by atoms with van der Waals surface area (Å²) in [6, 6.07) is 15.5. The minimum Gasteiger partial charge on any atom is -0.466 e. The normalized spacial score (nSPS) is 9.26. The van der Waals surface area contributed by atoms with E-state index < -0.39 is 17.9 Å². The molecular formula is C33H36N4O9. The van der Waals surface area contributed by atoms with Crippen LogP contribution >= 0.6 is 0 Å². The van der Waals surface area contributed by atoms with Crippen molar-refractivity contribution in [3.05, 3.63) is 83.8 Å². The number of pyridine rings is 2. The second-order valence-electron chi connectivity index (χ2n) is 8.46. The second-order valence-corrected chi connectivity index (χ2v) is 8.46. The molecule has 0 amide bonds. The van der Waals surface area contributed by atoms with Crippen LogP contribution in [0.1, 0.15) is 18.1 Å². The van der Waals surface area contributed by atoms with Gasteiger partial charge in [0.1, 0.15) is 5.70 Å². The van der Waals surface area contributed by atoms with E-state index in [1.165, 1.54) is 26.9 Å². The van der Waals surface area contributed by atoms with Gasteiger partial charge < -0.3 is 30.4 Å². The van der Waals surface area contributed by atoms with Crippen molar-refractivity contribution in [1.29, 1.82) is 0 Å². The van der Waals surface area contributed by atoms with Crippen molar-refractivity contribution in [2.24, 2.45) is 0 Å². The van der Waals surface area contributed by atoms with Crippen LogP contribution in [0.3, 0.4) is 0 Å². The van der Waals surface area contributed by atoms with Crippen LogP contribution in [0.2, 0.25) is 0 Å². The molecule has 0 spiro atoms. The Hall–Kier alpha value is -6.09. The predicted molar refractivity (Wildman–Crippen MR) is 172 cm³/mol. The van der Waals surface area contributed by atoms with Gasteiger partial charge in [0.15, 0.2) is 0 Å². The second kappa shape index (κ2) is 22.4. The fraction of sp³-hybridized carbons (Fsp3) is 0.212. The van der Waals surface area contributed by atoms with Gasteiger partial charge >= 0.3 is 24.1 Å². The first kappa shape index (κ1) is 39.9. The predicted octanol–water partition coefficient (Wildman–Crippen LogP) is 3.52. The highest BCUT2D eigenvalue weighted by molar-refractivity contribution is 6.01. The lowest BCUT2D eigenvalue weighted by molar-refractivity contribution is -0.191. The highest BCUT2D eigenvalue weighted by Gasteiger charge is 2.15. The van der Waals surface area contributed by atoms with E-state index in [0.29, 0.717) is 11.2 Å². The number of methoxy groups -OCH3 is 3. The number of nitrogen functional groups attached to an aromatic ring is 1.